The molecule has 0 amide bonds. The highest BCUT2D eigenvalue weighted by atomic mass is 32.2. The highest BCUT2D eigenvalue weighted by Crippen LogP contribution is 2.24. The van der Waals surface area contributed by atoms with Crippen LogP contribution in [-0.2, 0) is 0 Å². The molecule has 6 nitrogen and oxygen atoms in total. The quantitative estimate of drug-likeness (QED) is 0.435. The first-order valence-corrected chi connectivity index (χ1v) is 7.47. The van der Waals surface area contributed by atoms with Crippen LogP contribution in [-0.4, -0.2) is 33.5 Å². The third kappa shape index (κ3) is 4.73. The molecule has 0 spiro atoms. The van der Waals surface area contributed by atoms with E-state index in [2.05, 4.69) is 12.2 Å². The molecule has 1 aromatic rings. The predicted molar refractivity (Wildman–Crippen MR) is 80.8 cm³/mol. The number of nitrogens with zero attached hydrogens (tertiary/aromatic N) is 1. The van der Waals surface area contributed by atoms with Gasteiger partial charge in [0.15, 0.2) is 0 Å². The van der Waals surface area contributed by atoms with Gasteiger partial charge >= 0.3 is 5.97 Å². The molecule has 1 atom stereocenters. The van der Waals surface area contributed by atoms with Crippen LogP contribution in [0.5, 0.6) is 0 Å². The van der Waals surface area contributed by atoms with Crippen molar-refractivity contribution in [3.05, 3.63) is 33.9 Å². The van der Waals surface area contributed by atoms with Gasteiger partial charge in [-0.1, -0.05) is 6.92 Å². The first-order chi connectivity index (χ1) is 9.45. The van der Waals surface area contributed by atoms with Crippen LogP contribution in [0.2, 0.25) is 0 Å². The van der Waals surface area contributed by atoms with Crippen LogP contribution in [0.15, 0.2) is 18.2 Å². The highest BCUT2D eigenvalue weighted by Gasteiger charge is 2.20. The van der Waals surface area contributed by atoms with Gasteiger partial charge in [0.05, 0.1) is 4.92 Å². The van der Waals surface area contributed by atoms with Crippen molar-refractivity contribution in [2.75, 3.05) is 16.8 Å². The van der Waals surface area contributed by atoms with E-state index in [-0.39, 0.29) is 11.6 Å². The normalized spacial score (nSPS) is 11.9. The van der Waals surface area contributed by atoms with Crippen LogP contribution < -0.4 is 5.32 Å². The lowest BCUT2D eigenvalue weighted by Gasteiger charge is -2.15. The molecule has 0 fully saturated rings. The van der Waals surface area contributed by atoms with E-state index in [1.54, 1.807) is 6.07 Å². The second-order valence-electron chi connectivity index (χ2n) is 4.33. The van der Waals surface area contributed by atoms with E-state index in [9.17, 15) is 14.9 Å². The minimum atomic E-state index is -1.30. The molecule has 0 aliphatic carbocycles. The van der Waals surface area contributed by atoms with Crippen LogP contribution in [0.4, 0.5) is 11.4 Å². The number of thioether (sulfide) groups is 1. The monoisotopic (exact) mass is 298 g/mol. The van der Waals surface area contributed by atoms with E-state index in [1.165, 1.54) is 12.1 Å². The number of nitrogens with one attached hydrogen (secondary N) is 1. The molecular formula is C13H18N2O4S. The lowest BCUT2D eigenvalue weighted by atomic mass is 10.1. The Hall–Kier alpha value is -1.76. The molecule has 110 valence electrons. The number of hydrogen-bond acceptors (Lipinski definition) is 5. The lowest BCUT2D eigenvalue weighted by molar-refractivity contribution is -0.385. The summed E-state index contributed by atoms with van der Waals surface area (Å²) in [6, 6.07) is 4.26. The van der Waals surface area contributed by atoms with E-state index in [1.807, 2.05) is 18.7 Å². The zero-order valence-electron chi connectivity index (χ0n) is 11.5. The van der Waals surface area contributed by atoms with Crippen molar-refractivity contribution in [3.63, 3.8) is 0 Å². The first-order valence-electron chi connectivity index (χ1n) is 6.31. The van der Waals surface area contributed by atoms with Gasteiger partial charge in [-0.15, -0.1) is 0 Å². The largest absolute Gasteiger partial charge is 0.477 e. The Morgan fingerprint density at radius 2 is 2.25 bits per heavy atom. The van der Waals surface area contributed by atoms with Gasteiger partial charge in [0, 0.05) is 17.8 Å². The molecule has 0 saturated heterocycles. The number of carboxylic acid groups (broad SMARTS) is 1. The smallest absolute Gasteiger partial charge is 0.342 e. The van der Waals surface area contributed by atoms with Crippen LogP contribution >= 0.6 is 11.8 Å². The zero-order chi connectivity index (χ0) is 15.1. The average Bonchev–Trinajstić information content (AvgIpc) is 2.38. The summed E-state index contributed by atoms with van der Waals surface area (Å²) in [6.45, 7) is 4.09. The molecule has 20 heavy (non-hydrogen) atoms. The third-order valence-electron chi connectivity index (χ3n) is 2.74. The minimum absolute atomic E-state index is 0.171. The number of rotatable bonds is 8. The SMILES string of the molecule is CCSCCC(C)Nc1ccc(C(=O)O)c([N+](=O)[O-])c1. The molecule has 1 unspecified atom stereocenters. The molecule has 1 rings (SSSR count). The molecule has 0 aliphatic heterocycles. The fourth-order valence-corrected chi connectivity index (χ4v) is 2.52. The Bertz CT molecular complexity index is 493. The van der Waals surface area contributed by atoms with Crippen molar-refractivity contribution in [2.45, 2.75) is 26.3 Å². The summed E-state index contributed by atoms with van der Waals surface area (Å²) in [5.74, 6) is 0.779. The Kier molecular flexibility index (Phi) is 6.30. The van der Waals surface area contributed by atoms with E-state index in [0.29, 0.717) is 5.69 Å². The first kappa shape index (κ1) is 16.3. The van der Waals surface area contributed by atoms with E-state index in [4.69, 9.17) is 5.11 Å². The van der Waals surface area contributed by atoms with Gasteiger partial charge in [-0.3, -0.25) is 10.1 Å². The van der Waals surface area contributed by atoms with Crippen LogP contribution in [0.1, 0.15) is 30.6 Å². The van der Waals surface area contributed by atoms with Crippen molar-refractivity contribution in [1.29, 1.82) is 0 Å². The summed E-state index contributed by atoms with van der Waals surface area (Å²) >= 11 is 1.84. The third-order valence-corrected chi connectivity index (χ3v) is 3.67. The van der Waals surface area contributed by atoms with Crippen molar-refractivity contribution in [1.82, 2.24) is 0 Å². The standard InChI is InChI=1S/C13H18N2O4S/c1-3-20-7-6-9(2)14-10-4-5-11(13(16)17)12(8-10)15(18)19/h4-5,8-9,14H,3,6-7H2,1-2H3,(H,16,17). The van der Waals surface area contributed by atoms with Gasteiger partial charge in [-0.25, -0.2) is 4.79 Å². The molecule has 0 heterocycles. The summed E-state index contributed by atoms with van der Waals surface area (Å²) in [5.41, 5.74) is -0.122. The van der Waals surface area contributed by atoms with Gasteiger partial charge in [-0.05, 0) is 37.0 Å². The Balaban J connectivity index is 2.79. The van der Waals surface area contributed by atoms with Crippen LogP contribution in [0, 0.1) is 10.1 Å². The summed E-state index contributed by atoms with van der Waals surface area (Å²) in [5, 5.41) is 22.9. The topological polar surface area (TPSA) is 92.5 Å². The summed E-state index contributed by atoms with van der Waals surface area (Å²) in [7, 11) is 0. The molecule has 0 radical (unpaired) electrons. The number of hydrogen-bond donors (Lipinski definition) is 2. The summed E-state index contributed by atoms with van der Waals surface area (Å²) in [6.07, 6.45) is 0.937. The van der Waals surface area contributed by atoms with Crippen molar-refractivity contribution in [2.24, 2.45) is 0 Å². The van der Waals surface area contributed by atoms with E-state index in [0.717, 1.165) is 17.9 Å². The highest BCUT2D eigenvalue weighted by molar-refractivity contribution is 7.99. The molecule has 7 heteroatoms. The van der Waals surface area contributed by atoms with Gasteiger partial charge < -0.3 is 10.4 Å². The zero-order valence-corrected chi connectivity index (χ0v) is 12.3. The number of carbonyl (C=O) groups is 1. The number of carboxylic acids is 1. The average molecular weight is 298 g/mol. The van der Waals surface area contributed by atoms with Gasteiger partial charge in [0.1, 0.15) is 5.56 Å². The van der Waals surface area contributed by atoms with E-state index >= 15 is 0 Å². The van der Waals surface area contributed by atoms with Crippen LogP contribution in [0.3, 0.4) is 0 Å². The molecule has 1 aromatic carbocycles. The predicted octanol–water partition coefficient (Wildman–Crippen LogP) is 3.24. The number of nitro groups is 1. The van der Waals surface area contributed by atoms with Gasteiger partial charge in [-0.2, -0.15) is 11.8 Å². The van der Waals surface area contributed by atoms with Gasteiger partial charge in [0.2, 0.25) is 0 Å². The summed E-state index contributed by atoms with van der Waals surface area (Å²) < 4.78 is 0. The number of aromatic carboxylic acids is 1. The molecule has 0 bridgehead atoms. The second-order valence-corrected chi connectivity index (χ2v) is 5.72. The van der Waals surface area contributed by atoms with Crippen molar-refractivity contribution < 1.29 is 14.8 Å². The second kappa shape index (κ2) is 7.74. The Labute approximate surface area is 121 Å². The number of nitro benzene ring substituents is 1. The fourth-order valence-electron chi connectivity index (χ4n) is 1.71. The maximum absolute atomic E-state index is 10.9. The maximum Gasteiger partial charge on any atom is 0.342 e. The summed E-state index contributed by atoms with van der Waals surface area (Å²) in [4.78, 5) is 21.1. The molecule has 0 aliphatic rings. The molecule has 0 saturated carbocycles. The lowest BCUT2D eigenvalue weighted by Crippen LogP contribution is -2.16. The maximum atomic E-state index is 10.9. The van der Waals surface area contributed by atoms with Crippen molar-refractivity contribution >= 4 is 29.1 Å². The molecule has 2 N–H and O–H groups in total. The Morgan fingerprint density at radius 3 is 2.80 bits per heavy atom. The fraction of sp³-hybridized carbons (Fsp3) is 0.462. The molecule has 0 aromatic heterocycles. The van der Waals surface area contributed by atoms with Gasteiger partial charge in [0.25, 0.3) is 5.69 Å². The number of anilines is 1. The molecular weight excluding hydrogens is 280 g/mol. The van der Waals surface area contributed by atoms with Crippen molar-refractivity contribution in [3.8, 4) is 0 Å². The number of benzene rings is 1. The van der Waals surface area contributed by atoms with Crippen LogP contribution in [0.25, 0.3) is 0 Å². The minimum Gasteiger partial charge on any atom is -0.477 e. The van der Waals surface area contributed by atoms with E-state index < -0.39 is 16.6 Å². The Morgan fingerprint density at radius 1 is 1.55 bits per heavy atom.